The molecule has 4 heterocycles. The molecule has 0 N–H and O–H groups in total. The summed E-state index contributed by atoms with van der Waals surface area (Å²) in [6, 6.07) is 15.0. The third kappa shape index (κ3) is 6.43. The van der Waals surface area contributed by atoms with Crippen molar-refractivity contribution in [3.8, 4) is 5.88 Å². The molecule has 0 bridgehead atoms. The average Bonchev–Trinajstić information content (AvgIpc) is 3.43. The Bertz CT molecular complexity index is 1680. The summed E-state index contributed by atoms with van der Waals surface area (Å²) in [5.74, 6) is 1.01. The number of rotatable bonds is 9. The molecule has 218 valence electrons. The number of nitrogens with zero attached hydrogens (tertiary/aromatic N) is 4. The molecular weight excluding hydrogens is 548 g/mol. The summed E-state index contributed by atoms with van der Waals surface area (Å²) < 4.78 is 22.5. The van der Waals surface area contributed by atoms with E-state index in [9.17, 15) is 9.59 Å². The summed E-state index contributed by atoms with van der Waals surface area (Å²) in [7, 11) is 1.55. The van der Waals surface area contributed by atoms with Crippen molar-refractivity contribution in [1.29, 1.82) is 0 Å². The van der Waals surface area contributed by atoms with Crippen molar-refractivity contribution in [2.45, 2.75) is 25.5 Å². The van der Waals surface area contributed by atoms with E-state index in [4.69, 9.17) is 18.9 Å². The second-order valence-electron chi connectivity index (χ2n) is 10.1. The number of ether oxygens (including phenoxy) is 4. The first kappa shape index (κ1) is 27.8. The first-order chi connectivity index (χ1) is 21.1. The SMILES string of the molecule is COc1ccc2nccc(/C=C/C(=O)N(Cc3ccccc3)C[C@@H]3CN(C4=COC=C(C5=CC=CCC5)O4)C(=O)O3)c2n1. The fraction of sp³-hybridized carbons (Fsp3) is 0.212. The predicted octanol–water partition coefficient (Wildman–Crippen LogP) is 5.46. The zero-order valence-electron chi connectivity index (χ0n) is 23.6. The first-order valence-electron chi connectivity index (χ1n) is 14.0. The molecule has 10 heteroatoms. The molecule has 3 aromatic rings. The normalized spacial score (nSPS) is 18.0. The van der Waals surface area contributed by atoms with Crippen LogP contribution >= 0.6 is 0 Å². The van der Waals surface area contributed by atoms with Crippen molar-refractivity contribution in [3.63, 3.8) is 0 Å². The number of hydrogen-bond acceptors (Lipinski definition) is 8. The summed E-state index contributed by atoms with van der Waals surface area (Å²) in [6.45, 7) is 0.704. The zero-order valence-corrected chi connectivity index (χ0v) is 23.6. The van der Waals surface area contributed by atoms with Crippen LogP contribution in [0.2, 0.25) is 0 Å². The molecule has 2 aromatic heterocycles. The molecule has 1 fully saturated rings. The minimum absolute atomic E-state index is 0.177. The van der Waals surface area contributed by atoms with Crippen LogP contribution in [0.1, 0.15) is 24.0 Å². The van der Waals surface area contributed by atoms with Gasteiger partial charge < -0.3 is 23.8 Å². The van der Waals surface area contributed by atoms with Crippen molar-refractivity contribution < 1.29 is 28.5 Å². The largest absolute Gasteiger partial charge is 0.481 e. The van der Waals surface area contributed by atoms with Gasteiger partial charge in [0.15, 0.2) is 12.0 Å². The van der Waals surface area contributed by atoms with E-state index in [1.54, 1.807) is 36.4 Å². The molecule has 1 saturated heterocycles. The van der Waals surface area contributed by atoms with Gasteiger partial charge in [0.1, 0.15) is 12.4 Å². The van der Waals surface area contributed by atoms with E-state index in [1.165, 1.54) is 23.5 Å². The van der Waals surface area contributed by atoms with E-state index in [0.717, 1.165) is 29.5 Å². The Balaban J connectivity index is 1.18. The number of hydrogen-bond donors (Lipinski definition) is 0. The molecule has 0 unspecified atom stereocenters. The van der Waals surface area contributed by atoms with Crippen LogP contribution in [0.5, 0.6) is 5.88 Å². The number of carbonyl (C=O) groups is 2. The van der Waals surface area contributed by atoms with Gasteiger partial charge in [0.2, 0.25) is 17.7 Å². The highest BCUT2D eigenvalue weighted by molar-refractivity contribution is 5.94. The van der Waals surface area contributed by atoms with Crippen LogP contribution in [0.3, 0.4) is 0 Å². The van der Waals surface area contributed by atoms with Crippen LogP contribution in [0.4, 0.5) is 4.79 Å². The second kappa shape index (κ2) is 12.6. The standard InChI is InChI=1S/C33H30N4O6/c1-40-29-14-13-27-32(35-29)25(16-17-34-27)12-15-30(38)36(18-23-8-4-2-5-9-23)19-26-20-37(33(39)42-26)31-22-41-21-28(43-31)24-10-6-3-7-11-24/h2-6,8-10,12-17,21-22,26H,7,11,18-20H2,1H3/b15-12+/t26-/m1/s1. The highest BCUT2D eigenvalue weighted by Gasteiger charge is 2.37. The van der Waals surface area contributed by atoms with E-state index in [1.807, 2.05) is 48.6 Å². The fourth-order valence-corrected chi connectivity index (χ4v) is 5.00. The summed E-state index contributed by atoms with van der Waals surface area (Å²) >= 11 is 0. The Morgan fingerprint density at radius 1 is 1.16 bits per heavy atom. The first-order valence-corrected chi connectivity index (χ1v) is 14.0. The maximum Gasteiger partial charge on any atom is 0.417 e. The Kier molecular flexibility index (Phi) is 8.17. The Morgan fingerprint density at radius 2 is 2.05 bits per heavy atom. The van der Waals surface area contributed by atoms with Gasteiger partial charge in [0, 0.05) is 30.4 Å². The topological polar surface area (TPSA) is 103 Å². The summed E-state index contributed by atoms with van der Waals surface area (Å²) in [4.78, 5) is 38.4. The molecule has 10 nitrogen and oxygen atoms in total. The molecule has 1 aromatic carbocycles. The maximum absolute atomic E-state index is 13.6. The Labute approximate surface area is 248 Å². The lowest BCUT2D eigenvalue weighted by Gasteiger charge is -2.25. The molecule has 1 aliphatic carbocycles. The molecule has 2 aliphatic heterocycles. The van der Waals surface area contributed by atoms with Crippen LogP contribution in [0, 0.1) is 0 Å². The number of carbonyl (C=O) groups excluding carboxylic acids is 2. The molecule has 43 heavy (non-hydrogen) atoms. The second-order valence-corrected chi connectivity index (χ2v) is 10.1. The van der Waals surface area contributed by atoms with Crippen molar-refractivity contribution in [1.82, 2.24) is 19.8 Å². The number of benzene rings is 1. The maximum atomic E-state index is 13.6. The molecule has 0 spiro atoms. The lowest BCUT2D eigenvalue weighted by Crippen LogP contribution is -2.38. The van der Waals surface area contributed by atoms with Gasteiger partial charge in [-0.25, -0.2) is 14.7 Å². The van der Waals surface area contributed by atoms with Crippen LogP contribution < -0.4 is 4.74 Å². The monoisotopic (exact) mass is 578 g/mol. The summed E-state index contributed by atoms with van der Waals surface area (Å²) in [5, 5.41) is 0. The summed E-state index contributed by atoms with van der Waals surface area (Å²) in [6.07, 6.45) is 14.4. The zero-order chi connectivity index (χ0) is 29.6. The number of allylic oxidation sites excluding steroid dienone is 4. The van der Waals surface area contributed by atoms with Gasteiger partial charge in [-0.15, -0.1) is 0 Å². The van der Waals surface area contributed by atoms with Crippen molar-refractivity contribution in [3.05, 3.63) is 120 Å². The Hall–Kier alpha value is -5.38. The van der Waals surface area contributed by atoms with Crippen LogP contribution in [0.25, 0.3) is 17.1 Å². The quantitative estimate of drug-likeness (QED) is 0.308. The molecule has 1 atom stereocenters. The highest BCUT2D eigenvalue weighted by atomic mass is 16.6. The highest BCUT2D eigenvalue weighted by Crippen LogP contribution is 2.30. The van der Waals surface area contributed by atoms with Gasteiger partial charge in [0.05, 0.1) is 31.2 Å². The number of pyridine rings is 2. The van der Waals surface area contributed by atoms with Crippen molar-refractivity contribution in [2.24, 2.45) is 0 Å². The lowest BCUT2D eigenvalue weighted by atomic mass is 10.0. The predicted molar refractivity (Wildman–Crippen MR) is 159 cm³/mol. The number of aromatic nitrogens is 2. The molecule has 0 radical (unpaired) electrons. The van der Waals surface area contributed by atoms with Gasteiger partial charge in [-0.05, 0) is 42.2 Å². The summed E-state index contributed by atoms with van der Waals surface area (Å²) in [5.41, 5.74) is 3.97. The minimum atomic E-state index is -0.586. The fourth-order valence-electron chi connectivity index (χ4n) is 5.00. The van der Waals surface area contributed by atoms with Crippen LogP contribution in [0.15, 0.2) is 109 Å². The molecule has 3 aliphatic rings. The average molecular weight is 579 g/mol. The van der Waals surface area contributed by atoms with Gasteiger partial charge in [0.25, 0.3) is 0 Å². The number of cyclic esters (lactones) is 1. The van der Waals surface area contributed by atoms with Crippen molar-refractivity contribution >= 4 is 29.1 Å². The van der Waals surface area contributed by atoms with E-state index in [0.29, 0.717) is 29.2 Å². The van der Waals surface area contributed by atoms with E-state index >= 15 is 0 Å². The third-order valence-electron chi connectivity index (χ3n) is 7.19. The molecule has 6 rings (SSSR count). The Morgan fingerprint density at radius 3 is 2.86 bits per heavy atom. The van der Waals surface area contributed by atoms with Gasteiger partial charge in [-0.2, -0.15) is 0 Å². The van der Waals surface area contributed by atoms with Crippen LogP contribution in [-0.4, -0.2) is 58.1 Å². The van der Waals surface area contributed by atoms with Gasteiger partial charge in [-0.1, -0.05) is 48.6 Å². The number of methoxy groups -OCH3 is 1. The van der Waals surface area contributed by atoms with E-state index in [2.05, 4.69) is 16.0 Å². The lowest BCUT2D eigenvalue weighted by molar-refractivity contribution is -0.127. The molecule has 0 saturated carbocycles. The van der Waals surface area contributed by atoms with Crippen molar-refractivity contribution in [2.75, 3.05) is 20.2 Å². The van der Waals surface area contributed by atoms with E-state index < -0.39 is 12.2 Å². The van der Waals surface area contributed by atoms with Gasteiger partial charge >= 0.3 is 6.09 Å². The smallest absolute Gasteiger partial charge is 0.417 e. The molecule has 2 amide bonds. The number of amides is 2. The number of fused-ring (bicyclic) bond motifs is 1. The van der Waals surface area contributed by atoms with E-state index in [-0.39, 0.29) is 24.9 Å². The minimum Gasteiger partial charge on any atom is -0.481 e. The third-order valence-corrected chi connectivity index (χ3v) is 7.19. The molecular formula is C33H30N4O6. The van der Waals surface area contributed by atoms with Gasteiger partial charge in [-0.3, -0.25) is 9.78 Å². The van der Waals surface area contributed by atoms with Crippen LogP contribution in [-0.2, 0) is 25.5 Å².